The summed E-state index contributed by atoms with van der Waals surface area (Å²) in [6, 6.07) is 25.5. The van der Waals surface area contributed by atoms with E-state index >= 15 is 0 Å². The van der Waals surface area contributed by atoms with Crippen molar-refractivity contribution in [1.82, 2.24) is 5.32 Å². The van der Waals surface area contributed by atoms with E-state index in [4.69, 9.17) is 0 Å². The molecule has 0 aromatic heterocycles. The van der Waals surface area contributed by atoms with Crippen LogP contribution < -0.4 is 10.6 Å². The topological polar surface area (TPSA) is 98.7 Å². The Kier molecular flexibility index (Phi) is 9.03. The SMILES string of the molecule is O=C(O)C(Cc1ccccc1)NCCCc1ccc(CC(Nc2ccccc2)C(=O)O)cc1. The largest absolute Gasteiger partial charge is 0.480 e. The van der Waals surface area contributed by atoms with Gasteiger partial charge in [-0.25, -0.2) is 4.79 Å². The predicted molar refractivity (Wildman–Crippen MR) is 130 cm³/mol. The molecule has 172 valence electrons. The number of aryl methyl sites for hydroxylation is 1. The second kappa shape index (κ2) is 12.4. The molecule has 3 aromatic rings. The number of anilines is 1. The Balaban J connectivity index is 1.45. The Morgan fingerprint density at radius 3 is 1.79 bits per heavy atom. The lowest BCUT2D eigenvalue weighted by Crippen LogP contribution is -2.39. The summed E-state index contributed by atoms with van der Waals surface area (Å²) in [5.41, 5.74) is 3.86. The third-order valence-electron chi connectivity index (χ3n) is 5.49. The zero-order valence-corrected chi connectivity index (χ0v) is 18.5. The number of hydrogen-bond donors (Lipinski definition) is 4. The molecule has 33 heavy (non-hydrogen) atoms. The van der Waals surface area contributed by atoms with Crippen LogP contribution in [0.4, 0.5) is 5.69 Å². The van der Waals surface area contributed by atoms with Crippen LogP contribution in [-0.4, -0.2) is 40.8 Å². The van der Waals surface area contributed by atoms with Crippen molar-refractivity contribution in [2.75, 3.05) is 11.9 Å². The molecule has 0 saturated heterocycles. The quantitative estimate of drug-likeness (QED) is 0.296. The molecule has 0 saturated carbocycles. The zero-order valence-electron chi connectivity index (χ0n) is 18.5. The van der Waals surface area contributed by atoms with Crippen molar-refractivity contribution in [3.05, 3.63) is 102 Å². The molecule has 4 N–H and O–H groups in total. The summed E-state index contributed by atoms with van der Waals surface area (Å²) in [5.74, 6) is -1.74. The molecule has 0 aliphatic carbocycles. The maximum atomic E-state index is 11.7. The monoisotopic (exact) mass is 446 g/mol. The fourth-order valence-corrected chi connectivity index (χ4v) is 3.68. The van der Waals surface area contributed by atoms with Gasteiger partial charge >= 0.3 is 11.9 Å². The van der Waals surface area contributed by atoms with Gasteiger partial charge < -0.3 is 20.8 Å². The second-order valence-electron chi connectivity index (χ2n) is 8.06. The standard InChI is InChI=1S/C27H30N2O4/c30-26(31)24(18-21-8-3-1-4-9-21)28-17-7-10-20-13-15-22(16-14-20)19-25(27(32)33)29-23-11-5-2-6-12-23/h1-6,8-9,11-16,24-25,28-29H,7,10,17-19H2,(H,30,31)(H,32,33). The van der Waals surface area contributed by atoms with Crippen molar-refractivity contribution in [2.45, 2.75) is 37.8 Å². The highest BCUT2D eigenvalue weighted by Gasteiger charge is 2.18. The minimum absolute atomic E-state index is 0.381. The number of para-hydroxylation sites is 1. The summed E-state index contributed by atoms with van der Waals surface area (Å²) in [7, 11) is 0. The number of carboxylic acid groups (broad SMARTS) is 2. The number of rotatable bonds is 13. The van der Waals surface area contributed by atoms with Gasteiger partial charge in [-0.15, -0.1) is 0 Å². The molecule has 2 unspecified atom stereocenters. The third kappa shape index (κ3) is 8.09. The highest BCUT2D eigenvalue weighted by molar-refractivity contribution is 5.77. The maximum absolute atomic E-state index is 11.7. The van der Waals surface area contributed by atoms with Crippen LogP contribution in [0.15, 0.2) is 84.9 Å². The van der Waals surface area contributed by atoms with E-state index in [0.717, 1.165) is 35.2 Å². The lowest BCUT2D eigenvalue weighted by molar-refractivity contribution is -0.139. The molecule has 0 radical (unpaired) electrons. The normalized spacial score (nSPS) is 12.6. The lowest BCUT2D eigenvalue weighted by atomic mass is 10.0. The molecule has 0 bridgehead atoms. The summed E-state index contributed by atoms with van der Waals surface area (Å²) in [5, 5.41) is 25.2. The fourth-order valence-electron chi connectivity index (χ4n) is 3.68. The van der Waals surface area contributed by atoms with Crippen LogP contribution in [0.5, 0.6) is 0 Å². The second-order valence-corrected chi connectivity index (χ2v) is 8.06. The number of nitrogens with one attached hydrogen (secondary N) is 2. The molecular weight excluding hydrogens is 416 g/mol. The summed E-state index contributed by atoms with van der Waals surface area (Å²) in [4.78, 5) is 23.2. The molecule has 0 aliphatic rings. The number of carbonyl (C=O) groups is 2. The average molecular weight is 447 g/mol. The van der Waals surface area contributed by atoms with Crippen molar-refractivity contribution in [2.24, 2.45) is 0 Å². The van der Waals surface area contributed by atoms with Crippen LogP contribution in [0, 0.1) is 0 Å². The van der Waals surface area contributed by atoms with Crippen molar-refractivity contribution in [3.63, 3.8) is 0 Å². The van der Waals surface area contributed by atoms with Gasteiger partial charge in [0.15, 0.2) is 0 Å². The van der Waals surface area contributed by atoms with Gasteiger partial charge in [0, 0.05) is 12.1 Å². The molecule has 0 amide bonds. The van der Waals surface area contributed by atoms with Crippen LogP contribution in [0.3, 0.4) is 0 Å². The predicted octanol–water partition coefficient (Wildman–Crippen LogP) is 4.01. The summed E-state index contributed by atoms with van der Waals surface area (Å²) >= 11 is 0. The van der Waals surface area contributed by atoms with Crippen molar-refractivity contribution >= 4 is 17.6 Å². The molecule has 0 heterocycles. The van der Waals surface area contributed by atoms with Gasteiger partial charge in [-0.2, -0.15) is 0 Å². The Morgan fingerprint density at radius 1 is 0.667 bits per heavy atom. The first-order chi connectivity index (χ1) is 16.0. The minimum atomic E-state index is -0.891. The highest BCUT2D eigenvalue weighted by Crippen LogP contribution is 2.13. The van der Waals surface area contributed by atoms with Crippen molar-refractivity contribution in [1.29, 1.82) is 0 Å². The number of hydrogen-bond acceptors (Lipinski definition) is 4. The first kappa shape index (κ1) is 24.0. The molecule has 2 atom stereocenters. The molecule has 3 rings (SSSR count). The first-order valence-electron chi connectivity index (χ1n) is 11.1. The van der Waals surface area contributed by atoms with E-state index in [1.54, 1.807) is 0 Å². The Hall–Kier alpha value is -3.64. The van der Waals surface area contributed by atoms with Gasteiger partial charge in [-0.05, 0) is 54.6 Å². The molecule has 6 heteroatoms. The van der Waals surface area contributed by atoms with E-state index in [1.807, 2.05) is 84.9 Å². The highest BCUT2D eigenvalue weighted by atomic mass is 16.4. The van der Waals surface area contributed by atoms with Gasteiger partial charge in [-0.1, -0.05) is 72.8 Å². The van der Waals surface area contributed by atoms with Gasteiger partial charge in [-0.3, -0.25) is 4.79 Å². The van der Waals surface area contributed by atoms with E-state index in [0.29, 0.717) is 19.4 Å². The minimum Gasteiger partial charge on any atom is -0.480 e. The number of benzene rings is 3. The van der Waals surface area contributed by atoms with E-state index in [2.05, 4.69) is 10.6 Å². The van der Waals surface area contributed by atoms with Crippen LogP contribution in [-0.2, 0) is 28.9 Å². The molecule has 3 aromatic carbocycles. The van der Waals surface area contributed by atoms with E-state index in [9.17, 15) is 19.8 Å². The Morgan fingerprint density at radius 2 is 1.18 bits per heavy atom. The third-order valence-corrected chi connectivity index (χ3v) is 5.49. The van der Waals surface area contributed by atoms with Crippen molar-refractivity contribution in [3.8, 4) is 0 Å². The Labute approximate surface area is 194 Å². The summed E-state index contributed by atoms with van der Waals surface area (Å²) in [6.45, 7) is 0.605. The lowest BCUT2D eigenvalue weighted by Gasteiger charge is -2.16. The zero-order chi connectivity index (χ0) is 23.5. The van der Waals surface area contributed by atoms with Gasteiger partial charge in [0.25, 0.3) is 0 Å². The smallest absolute Gasteiger partial charge is 0.326 e. The fraction of sp³-hybridized carbons (Fsp3) is 0.259. The molecule has 6 nitrogen and oxygen atoms in total. The van der Waals surface area contributed by atoms with Crippen LogP contribution in [0.1, 0.15) is 23.1 Å². The number of carboxylic acids is 2. The van der Waals surface area contributed by atoms with E-state index < -0.39 is 24.0 Å². The molecule has 0 spiro atoms. The van der Waals surface area contributed by atoms with Crippen LogP contribution in [0.25, 0.3) is 0 Å². The van der Waals surface area contributed by atoms with Gasteiger partial charge in [0.1, 0.15) is 12.1 Å². The first-order valence-corrected chi connectivity index (χ1v) is 11.1. The number of aliphatic carboxylic acids is 2. The van der Waals surface area contributed by atoms with E-state index in [1.165, 1.54) is 0 Å². The summed E-state index contributed by atoms with van der Waals surface area (Å²) < 4.78 is 0. The van der Waals surface area contributed by atoms with Crippen molar-refractivity contribution < 1.29 is 19.8 Å². The molecule has 0 fully saturated rings. The van der Waals surface area contributed by atoms with Gasteiger partial charge in [0.2, 0.25) is 0 Å². The molecule has 0 aliphatic heterocycles. The van der Waals surface area contributed by atoms with Crippen LogP contribution >= 0.6 is 0 Å². The molecular formula is C27H30N2O4. The van der Waals surface area contributed by atoms with Gasteiger partial charge in [0.05, 0.1) is 0 Å². The summed E-state index contributed by atoms with van der Waals surface area (Å²) in [6.07, 6.45) is 2.46. The maximum Gasteiger partial charge on any atom is 0.326 e. The Bertz CT molecular complexity index is 1010. The average Bonchev–Trinajstić information content (AvgIpc) is 2.82. The van der Waals surface area contributed by atoms with E-state index in [-0.39, 0.29) is 0 Å². The van der Waals surface area contributed by atoms with Crippen LogP contribution in [0.2, 0.25) is 0 Å².